The lowest BCUT2D eigenvalue weighted by Gasteiger charge is -2.25. The Morgan fingerprint density at radius 1 is 1.26 bits per heavy atom. The van der Waals surface area contributed by atoms with Gasteiger partial charge in [-0.3, -0.25) is 9.89 Å². The first-order chi connectivity index (χ1) is 9.21. The highest BCUT2D eigenvalue weighted by Crippen LogP contribution is 2.08. The van der Waals surface area contributed by atoms with E-state index in [9.17, 15) is 0 Å². The number of hydrogen-bond donors (Lipinski definition) is 2. The first kappa shape index (κ1) is 16.0. The minimum Gasteiger partial charge on any atom is -0.357 e. The number of aliphatic imine (C=N–C) groups is 1. The highest BCUT2D eigenvalue weighted by molar-refractivity contribution is 5.80. The lowest BCUT2D eigenvalue weighted by atomic mass is 10.2. The third kappa shape index (κ3) is 5.64. The third-order valence-electron chi connectivity index (χ3n) is 3.64. The van der Waals surface area contributed by atoms with Crippen LogP contribution in [0.15, 0.2) is 17.1 Å². The van der Waals surface area contributed by atoms with Crippen LogP contribution in [-0.2, 0) is 0 Å². The summed E-state index contributed by atoms with van der Waals surface area (Å²) in [6.07, 6.45) is 6.69. The van der Waals surface area contributed by atoms with Gasteiger partial charge in [0.25, 0.3) is 0 Å². The summed E-state index contributed by atoms with van der Waals surface area (Å²) in [6, 6.07) is 1.01. The van der Waals surface area contributed by atoms with Crippen molar-refractivity contribution in [1.82, 2.24) is 15.5 Å². The SMILES string of the molecule is CCNC(=NCC(C)N(CC)CC)NC1CC=CC1. The van der Waals surface area contributed by atoms with E-state index in [-0.39, 0.29) is 0 Å². The predicted molar refractivity (Wildman–Crippen MR) is 83.7 cm³/mol. The van der Waals surface area contributed by atoms with E-state index < -0.39 is 0 Å². The van der Waals surface area contributed by atoms with Gasteiger partial charge in [0.15, 0.2) is 5.96 Å². The lowest BCUT2D eigenvalue weighted by Crippen LogP contribution is -2.43. The van der Waals surface area contributed by atoms with Crippen molar-refractivity contribution in [3.8, 4) is 0 Å². The quantitative estimate of drug-likeness (QED) is 0.420. The van der Waals surface area contributed by atoms with E-state index in [0.29, 0.717) is 12.1 Å². The molecular formula is C15H30N4. The van der Waals surface area contributed by atoms with Gasteiger partial charge < -0.3 is 10.6 Å². The number of hydrogen-bond acceptors (Lipinski definition) is 2. The van der Waals surface area contributed by atoms with Crippen molar-refractivity contribution in [2.45, 2.75) is 52.6 Å². The van der Waals surface area contributed by atoms with Crippen LogP contribution in [0, 0.1) is 0 Å². The van der Waals surface area contributed by atoms with Crippen LogP contribution in [-0.4, -0.2) is 49.1 Å². The molecule has 19 heavy (non-hydrogen) atoms. The summed E-state index contributed by atoms with van der Waals surface area (Å²) in [5.74, 6) is 0.954. The fraction of sp³-hybridized carbons (Fsp3) is 0.800. The molecule has 0 saturated heterocycles. The molecule has 1 aliphatic carbocycles. The highest BCUT2D eigenvalue weighted by Gasteiger charge is 2.13. The number of likely N-dealkylation sites (N-methyl/N-ethyl adjacent to an activating group) is 1. The fourth-order valence-electron chi connectivity index (χ4n) is 2.43. The second-order valence-corrected chi connectivity index (χ2v) is 5.07. The van der Waals surface area contributed by atoms with Crippen LogP contribution in [0.1, 0.15) is 40.5 Å². The molecule has 0 amide bonds. The maximum atomic E-state index is 4.72. The summed E-state index contributed by atoms with van der Waals surface area (Å²) in [5.41, 5.74) is 0. The first-order valence-corrected chi connectivity index (χ1v) is 7.65. The molecule has 0 spiro atoms. The van der Waals surface area contributed by atoms with Crippen molar-refractivity contribution in [2.75, 3.05) is 26.2 Å². The molecular weight excluding hydrogens is 236 g/mol. The molecule has 110 valence electrons. The molecule has 4 heteroatoms. The summed E-state index contributed by atoms with van der Waals surface area (Å²) in [4.78, 5) is 7.15. The first-order valence-electron chi connectivity index (χ1n) is 7.65. The van der Waals surface area contributed by atoms with Crippen molar-refractivity contribution in [3.63, 3.8) is 0 Å². The van der Waals surface area contributed by atoms with Crippen LogP contribution in [0.25, 0.3) is 0 Å². The van der Waals surface area contributed by atoms with Gasteiger partial charge in [-0.2, -0.15) is 0 Å². The summed E-state index contributed by atoms with van der Waals surface area (Å²) < 4.78 is 0. The number of nitrogens with one attached hydrogen (secondary N) is 2. The molecule has 0 bridgehead atoms. The Kier molecular flexibility index (Phi) is 7.56. The minimum absolute atomic E-state index is 0.493. The predicted octanol–water partition coefficient (Wildman–Crippen LogP) is 1.99. The Morgan fingerprint density at radius 2 is 1.89 bits per heavy atom. The smallest absolute Gasteiger partial charge is 0.191 e. The molecule has 0 fully saturated rings. The molecule has 4 nitrogen and oxygen atoms in total. The van der Waals surface area contributed by atoms with E-state index in [1.54, 1.807) is 0 Å². The van der Waals surface area contributed by atoms with Crippen LogP contribution in [0.4, 0.5) is 0 Å². The molecule has 1 unspecified atom stereocenters. The second kappa shape index (κ2) is 8.97. The van der Waals surface area contributed by atoms with E-state index in [2.05, 4.69) is 55.4 Å². The van der Waals surface area contributed by atoms with Gasteiger partial charge >= 0.3 is 0 Å². The minimum atomic E-state index is 0.493. The summed E-state index contributed by atoms with van der Waals surface area (Å²) in [5, 5.41) is 6.84. The molecule has 0 aromatic rings. The van der Waals surface area contributed by atoms with E-state index in [4.69, 9.17) is 4.99 Å². The standard InChI is InChI=1S/C15H30N4/c1-5-16-15(18-14-10-8-9-11-14)17-12-13(4)19(6-2)7-3/h8-9,13-14H,5-7,10-12H2,1-4H3,(H2,16,17,18). The van der Waals surface area contributed by atoms with Gasteiger partial charge in [-0.05, 0) is 39.8 Å². The normalized spacial score (nSPS) is 18.1. The maximum absolute atomic E-state index is 4.72. The van der Waals surface area contributed by atoms with Gasteiger partial charge in [-0.15, -0.1) is 0 Å². The second-order valence-electron chi connectivity index (χ2n) is 5.07. The maximum Gasteiger partial charge on any atom is 0.191 e. The Balaban J connectivity index is 2.46. The van der Waals surface area contributed by atoms with Gasteiger partial charge in [-0.25, -0.2) is 0 Å². The van der Waals surface area contributed by atoms with Crippen LogP contribution >= 0.6 is 0 Å². The van der Waals surface area contributed by atoms with Crippen molar-refractivity contribution in [2.24, 2.45) is 4.99 Å². The Labute approximate surface area is 118 Å². The van der Waals surface area contributed by atoms with Crippen molar-refractivity contribution in [1.29, 1.82) is 0 Å². The topological polar surface area (TPSA) is 39.7 Å². The average Bonchev–Trinajstić information content (AvgIpc) is 2.90. The lowest BCUT2D eigenvalue weighted by molar-refractivity contribution is 0.237. The van der Waals surface area contributed by atoms with Gasteiger partial charge in [0, 0.05) is 18.6 Å². The van der Waals surface area contributed by atoms with E-state index in [1.807, 2.05) is 0 Å². The molecule has 1 atom stereocenters. The molecule has 0 radical (unpaired) electrons. The van der Waals surface area contributed by atoms with Gasteiger partial charge in [0.1, 0.15) is 0 Å². The Bertz CT molecular complexity index is 287. The molecule has 0 aliphatic heterocycles. The van der Waals surface area contributed by atoms with Crippen molar-refractivity contribution in [3.05, 3.63) is 12.2 Å². The largest absolute Gasteiger partial charge is 0.357 e. The summed E-state index contributed by atoms with van der Waals surface area (Å²) >= 11 is 0. The van der Waals surface area contributed by atoms with E-state index >= 15 is 0 Å². The average molecular weight is 266 g/mol. The van der Waals surface area contributed by atoms with Crippen LogP contribution in [0.3, 0.4) is 0 Å². The van der Waals surface area contributed by atoms with E-state index in [1.165, 1.54) is 0 Å². The summed E-state index contributed by atoms with van der Waals surface area (Å²) in [7, 11) is 0. The van der Waals surface area contributed by atoms with Gasteiger partial charge in [-0.1, -0.05) is 26.0 Å². The Hall–Kier alpha value is -1.03. The number of guanidine groups is 1. The Morgan fingerprint density at radius 3 is 2.42 bits per heavy atom. The van der Waals surface area contributed by atoms with Crippen LogP contribution < -0.4 is 10.6 Å². The molecule has 1 aliphatic rings. The van der Waals surface area contributed by atoms with E-state index in [0.717, 1.165) is 45.0 Å². The third-order valence-corrected chi connectivity index (χ3v) is 3.64. The molecule has 0 heterocycles. The molecule has 1 rings (SSSR count). The van der Waals surface area contributed by atoms with Crippen LogP contribution in [0.5, 0.6) is 0 Å². The fourth-order valence-corrected chi connectivity index (χ4v) is 2.43. The number of rotatable bonds is 7. The van der Waals surface area contributed by atoms with Crippen molar-refractivity contribution >= 4 is 5.96 Å². The zero-order valence-electron chi connectivity index (χ0n) is 12.9. The zero-order chi connectivity index (χ0) is 14.1. The molecule has 0 aromatic carbocycles. The molecule has 0 saturated carbocycles. The highest BCUT2D eigenvalue weighted by atomic mass is 15.2. The molecule has 2 N–H and O–H groups in total. The summed E-state index contributed by atoms with van der Waals surface area (Å²) in [6.45, 7) is 12.7. The zero-order valence-corrected chi connectivity index (χ0v) is 12.9. The van der Waals surface area contributed by atoms with Crippen LogP contribution in [0.2, 0.25) is 0 Å². The monoisotopic (exact) mass is 266 g/mol. The van der Waals surface area contributed by atoms with Crippen molar-refractivity contribution < 1.29 is 0 Å². The van der Waals surface area contributed by atoms with Gasteiger partial charge in [0.2, 0.25) is 0 Å². The van der Waals surface area contributed by atoms with Gasteiger partial charge in [0.05, 0.1) is 6.54 Å². The molecule has 0 aromatic heterocycles. The number of nitrogens with zero attached hydrogens (tertiary/aromatic N) is 2.